The number of nitrogens with two attached hydrogens (primary N) is 1. The number of phenolic OH excluding ortho intramolecular Hbond substituents is 1. The molecule has 4 aromatic carbocycles. The molecule has 66 heavy (non-hydrogen) atoms. The van der Waals surface area contributed by atoms with Crippen LogP contribution >= 0.6 is 11.6 Å². The van der Waals surface area contributed by atoms with E-state index in [1.807, 2.05) is 45.3 Å². The number of halogens is 1. The fourth-order valence-electron chi connectivity index (χ4n) is 7.72. The van der Waals surface area contributed by atoms with Crippen molar-refractivity contribution in [2.24, 2.45) is 7.05 Å². The van der Waals surface area contributed by atoms with Crippen molar-refractivity contribution in [1.82, 2.24) is 40.5 Å². The predicted octanol–water partition coefficient (Wildman–Crippen LogP) is 8.13. The van der Waals surface area contributed by atoms with E-state index in [1.54, 1.807) is 67.0 Å². The molecule has 336 valence electrons. The standard InChI is InChI=1S/C50H48ClN9O6/c1-4-36-39(28-57-47(52)46(36)30-6-10-34(61)11-7-30)33-8-13-41(56-27-33)49(64)54-18-17-53-45(62)16-21-65-22-19-55-48(63)37-24-35(12-5-29(37)2)66-50-58-42-25-38(40(51)26-43(42)59-50)31-9-14-44-32(23-31)15-20-60(44)3/h5-15,20,23-28,61H,4,16-19,21-22H2,1-3H3,(H2,52,57)(H,53,62)(H,54,64)(H,55,63)(H,58,59). The number of H-pyrrole nitrogens is 1. The summed E-state index contributed by atoms with van der Waals surface area (Å²) in [6.07, 6.45) is 6.12. The Morgan fingerprint density at radius 3 is 2.38 bits per heavy atom. The minimum absolute atomic E-state index is 0.107. The van der Waals surface area contributed by atoms with Crippen LogP contribution in [0.1, 0.15) is 45.3 Å². The van der Waals surface area contributed by atoms with Gasteiger partial charge in [-0.15, -0.1) is 0 Å². The van der Waals surface area contributed by atoms with Crippen LogP contribution < -0.4 is 26.4 Å². The Labute approximate surface area is 385 Å². The van der Waals surface area contributed by atoms with E-state index in [0.717, 1.165) is 55.4 Å². The molecule has 3 amide bonds. The van der Waals surface area contributed by atoms with Gasteiger partial charge in [0.1, 0.15) is 23.0 Å². The predicted molar refractivity (Wildman–Crippen MR) is 256 cm³/mol. The number of nitrogens with one attached hydrogen (secondary N) is 4. The van der Waals surface area contributed by atoms with Gasteiger partial charge in [-0.25, -0.2) is 4.98 Å². The van der Waals surface area contributed by atoms with Crippen LogP contribution in [0.2, 0.25) is 5.02 Å². The summed E-state index contributed by atoms with van der Waals surface area (Å²) in [4.78, 5) is 54.9. The van der Waals surface area contributed by atoms with Gasteiger partial charge in [-0.1, -0.05) is 48.9 Å². The van der Waals surface area contributed by atoms with Crippen molar-refractivity contribution in [3.63, 3.8) is 0 Å². The molecule has 0 bridgehead atoms. The minimum Gasteiger partial charge on any atom is -0.508 e. The highest BCUT2D eigenvalue weighted by Crippen LogP contribution is 2.37. The number of pyridine rings is 2. The third kappa shape index (κ3) is 10.1. The molecule has 0 saturated carbocycles. The number of phenols is 1. The number of benzene rings is 4. The molecule has 0 atom stereocenters. The summed E-state index contributed by atoms with van der Waals surface area (Å²) in [5.41, 5.74) is 16.3. The maximum atomic E-state index is 13.1. The Kier molecular flexibility index (Phi) is 13.6. The number of fused-ring (bicyclic) bond motifs is 2. The van der Waals surface area contributed by atoms with Gasteiger partial charge in [0, 0.05) is 90.4 Å². The van der Waals surface area contributed by atoms with Crippen LogP contribution in [-0.2, 0) is 23.0 Å². The molecule has 4 aromatic heterocycles. The van der Waals surface area contributed by atoms with Gasteiger partial charge >= 0.3 is 0 Å². The number of hydrogen-bond donors (Lipinski definition) is 6. The highest BCUT2D eigenvalue weighted by atomic mass is 35.5. The Balaban J connectivity index is 0.744. The first-order valence-corrected chi connectivity index (χ1v) is 21.8. The van der Waals surface area contributed by atoms with Gasteiger partial charge in [0.15, 0.2) is 0 Å². The van der Waals surface area contributed by atoms with Crippen LogP contribution in [0.25, 0.3) is 55.3 Å². The Morgan fingerprint density at radius 2 is 1.59 bits per heavy atom. The molecule has 16 heteroatoms. The zero-order chi connectivity index (χ0) is 46.3. The van der Waals surface area contributed by atoms with Gasteiger partial charge < -0.3 is 45.8 Å². The first-order valence-electron chi connectivity index (χ1n) is 21.4. The number of aromatic nitrogens is 5. The molecule has 7 N–H and O–H groups in total. The fraction of sp³-hybridized carbons (Fsp3) is 0.200. The zero-order valence-electron chi connectivity index (χ0n) is 36.6. The van der Waals surface area contributed by atoms with E-state index >= 15 is 0 Å². The number of anilines is 1. The second-order valence-corrected chi connectivity index (χ2v) is 16.0. The molecule has 0 spiro atoms. The number of amides is 3. The van der Waals surface area contributed by atoms with E-state index in [-0.39, 0.29) is 74.4 Å². The number of rotatable bonds is 17. The van der Waals surface area contributed by atoms with E-state index in [9.17, 15) is 19.5 Å². The third-order valence-electron chi connectivity index (χ3n) is 11.2. The highest BCUT2D eigenvalue weighted by molar-refractivity contribution is 6.34. The van der Waals surface area contributed by atoms with E-state index in [2.05, 4.69) is 58.7 Å². The second kappa shape index (κ2) is 20.0. The molecule has 0 fully saturated rings. The number of nitrogens with zero attached hydrogens (tertiary/aromatic N) is 4. The third-order valence-corrected chi connectivity index (χ3v) is 11.5. The lowest BCUT2D eigenvalue weighted by atomic mass is 9.92. The van der Waals surface area contributed by atoms with E-state index < -0.39 is 0 Å². The van der Waals surface area contributed by atoms with Crippen molar-refractivity contribution in [3.8, 4) is 50.9 Å². The maximum absolute atomic E-state index is 13.1. The van der Waals surface area contributed by atoms with Crippen molar-refractivity contribution in [2.75, 3.05) is 38.6 Å². The first kappa shape index (κ1) is 44.8. The van der Waals surface area contributed by atoms with E-state index in [0.29, 0.717) is 39.6 Å². The monoisotopic (exact) mass is 905 g/mol. The summed E-state index contributed by atoms with van der Waals surface area (Å²) in [5.74, 6) is 0.0537. The summed E-state index contributed by atoms with van der Waals surface area (Å²) < 4.78 is 13.7. The molecule has 8 aromatic rings. The first-order chi connectivity index (χ1) is 31.9. The van der Waals surface area contributed by atoms with Gasteiger partial charge in [-0.05, 0) is 96.3 Å². The van der Waals surface area contributed by atoms with E-state index in [4.69, 9.17) is 26.8 Å². The molecular weight excluding hydrogens is 858 g/mol. The van der Waals surface area contributed by atoms with Crippen LogP contribution in [0.3, 0.4) is 0 Å². The lowest BCUT2D eigenvalue weighted by molar-refractivity contribution is -0.122. The quantitative estimate of drug-likeness (QED) is 0.0483. The van der Waals surface area contributed by atoms with Crippen molar-refractivity contribution < 1.29 is 29.0 Å². The number of aromatic hydroxyl groups is 1. The minimum atomic E-state index is -0.379. The summed E-state index contributed by atoms with van der Waals surface area (Å²) in [6.45, 7) is 4.86. The Hall–Kier alpha value is -7.75. The van der Waals surface area contributed by atoms with Crippen LogP contribution in [-0.4, -0.2) is 80.2 Å². The molecule has 0 aliphatic heterocycles. The summed E-state index contributed by atoms with van der Waals surface area (Å²) in [5, 5.41) is 19.8. The smallest absolute Gasteiger partial charge is 0.300 e. The number of hydrogen-bond acceptors (Lipinski definition) is 10. The van der Waals surface area contributed by atoms with Crippen LogP contribution in [0.5, 0.6) is 17.5 Å². The van der Waals surface area contributed by atoms with Gasteiger partial charge in [0.2, 0.25) is 5.91 Å². The van der Waals surface area contributed by atoms with Gasteiger partial charge in [-0.3, -0.25) is 19.4 Å². The van der Waals surface area contributed by atoms with Crippen LogP contribution in [0.15, 0.2) is 110 Å². The topological polar surface area (TPSA) is 211 Å². The molecule has 4 heterocycles. The average molecular weight is 906 g/mol. The SMILES string of the molecule is CCc1c(-c2ccc(C(=O)NCCNC(=O)CCOCCNC(=O)c3cc(Oc4nc5cc(-c6ccc7c(ccn7C)c6)c(Cl)cc5[nH]4)ccc3C)nc2)cnc(N)c1-c1ccc(O)cc1. The number of carbonyl (C=O) groups excluding carboxylic acids is 3. The molecule has 0 saturated heterocycles. The molecule has 8 rings (SSSR count). The van der Waals surface area contributed by atoms with Crippen LogP contribution in [0.4, 0.5) is 5.82 Å². The van der Waals surface area contributed by atoms with Gasteiger partial charge in [0.25, 0.3) is 17.8 Å². The highest BCUT2D eigenvalue weighted by Gasteiger charge is 2.18. The van der Waals surface area contributed by atoms with Gasteiger partial charge in [0.05, 0.1) is 29.3 Å². The number of aryl methyl sites for hydroxylation is 2. The summed E-state index contributed by atoms with van der Waals surface area (Å²) >= 11 is 6.72. The second-order valence-electron chi connectivity index (χ2n) is 15.6. The summed E-state index contributed by atoms with van der Waals surface area (Å²) in [6, 6.07) is 27.8. The molecule has 0 aliphatic rings. The average Bonchev–Trinajstić information content (AvgIpc) is 3.90. The maximum Gasteiger partial charge on any atom is 0.300 e. The Morgan fingerprint density at radius 1 is 0.818 bits per heavy atom. The lowest BCUT2D eigenvalue weighted by Crippen LogP contribution is -2.35. The molecular formula is C50H48ClN9O6. The van der Waals surface area contributed by atoms with Crippen molar-refractivity contribution in [2.45, 2.75) is 26.7 Å². The number of ether oxygens (including phenoxy) is 2. The van der Waals surface area contributed by atoms with Crippen molar-refractivity contribution >= 4 is 57.1 Å². The molecule has 0 aliphatic carbocycles. The summed E-state index contributed by atoms with van der Waals surface area (Å²) in [7, 11) is 2.01. The number of carbonyl (C=O) groups is 3. The normalized spacial score (nSPS) is 11.2. The molecule has 0 radical (unpaired) electrons. The van der Waals surface area contributed by atoms with Crippen LogP contribution in [0, 0.1) is 6.92 Å². The lowest BCUT2D eigenvalue weighted by Gasteiger charge is -2.16. The largest absolute Gasteiger partial charge is 0.508 e. The molecule has 0 unspecified atom stereocenters. The van der Waals surface area contributed by atoms with Gasteiger partial charge in [-0.2, -0.15) is 4.98 Å². The van der Waals surface area contributed by atoms with Crippen molar-refractivity contribution in [3.05, 3.63) is 137 Å². The number of aromatic amines is 1. The van der Waals surface area contributed by atoms with Crippen molar-refractivity contribution in [1.29, 1.82) is 0 Å². The van der Waals surface area contributed by atoms with E-state index in [1.165, 1.54) is 0 Å². The zero-order valence-corrected chi connectivity index (χ0v) is 37.3. The fourth-order valence-corrected chi connectivity index (χ4v) is 7.99. The molecule has 15 nitrogen and oxygen atoms in total. The Bertz CT molecular complexity index is 3070. The number of imidazole rings is 1. The number of nitrogen functional groups attached to an aromatic ring is 1.